The number of aliphatic imine (C=N–C) groups is 1. The van der Waals surface area contributed by atoms with Gasteiger partial charge in [0.25, 0.3) is 0 Å². The lowest BCUT2D eigenvalue weighted by Gasteiger charge is -2.26. The number of hydrogen-bond acceptors (Lipinski definition) is 3. The highest BCUT2D eigenvalue weighted by Gasteiger charge is 2.27. The molecule has 3 nitrogen and oxygen atoms in total. The van der Waals surface area contributed by atoms with Crippen LogP contribution in [0.5, 0.6) is 0 Å². The molecule has 3 rings (SSSR count). The third-order valence-electron chi connectivity index (χ3n) is 4.73. The average Bonchev–Trinajstić information content (AvgIpc) is 2.96. The summed E-state index contributed by atoms with van der Waals surface area (Å²) in [6.07, 6.45) is 1.42. The standard InChI is InChI=1S/C24H26FNO2/c1-23(2,3)17-11-16(12-18(14-17)24(4,5)6)21-26-20(22(27)28-21)13-15-9-7-8-10-19(15)25/h7-14H,1-6H3. The van der Waals surface area contributed by atoms with Crippen molar-refractivity contribution in [2.45, 2.75) is 52.4 Å². The van der Waals surface area contributed by atoms with E-state index < -0.39 is 11.8 Å². The van der Waals surface area contributed by atoms with Gasteiger partial charge in [-0.05, 0) is 46.2 Å². The maximum absolute atomic E-state index is 13.9. The summed E-state index contributed by atoms with van der Waals surface area (Å²) >= 11 is 0. The van der Waals surface area contributed by atoms with Gasteiger partial charge in [-0.3, -0.25) is 0 Å². The fourth-order valence-corrected chi connectivity index (χ4v) is 2.89. The average molecular weight is 379 g/mol. The van der Waals surface area contributed by atoms with Gasteiger partial charge in [-0.1, -0.05) is 65.8 Å². The van der Waals surface area contributed by atoms with Gasteiger partial charge in [0.1, 0.15) is 5.82 Å². The summed E-state index contributed by atoms with van der Waals surface area (Å²) in [5, 5.41) is 0. The maximum atomic E-state index is 13.9. The van der Waals surface area contributed by atoms with E-state index >= 15 is 0 Å². The monoisotopic (exact) mass is 379 g/mol. The molecule has 0 radical (unpaired) electrons. The van der Waals surface area contributed by atoms with E-state index in [2.05, 4.69) is 52.6 Å². The topological polar surface area (TPSA) is 38.7 Å². The number of cyclic esters (lactones) is 1. The Kier molecular flexibility index (Phi) is 5.00. The van der Waals surface area contributed by atoms with E-state index in [4.69, 9.17) is 4.74 Å². The summed E-state index contributed by atoms with van der Waals surface area (Å²) in [6, 6.07) is 12.5. The Bertz CT molecular complexity index is 956. The van der Waals surface area contributed by atoms with Crippen molar-refractivity contribution in [3.63, 3.8) is 0 Å². The van der Waals surface area contributed by atoms with Crippen molar-refractivity contribution in [1.82, 2.24) is 0 Å². The Morgan fingerprint density at radius 3 is 2.04 bits per heavy atom. The smallest absolute Gasteiger partial charge is 0.363 e. The zero-order valence-electron chi connectivity index (χ0n) is 17.3. The van der Waals surface area contributed by atoms with E-state index in [9.17, 15) is 9.18 Å². The van der Waals surface area contributed by atoms with Gasteiger partial charge in [0, 0.05) is 11.1 Å². The summed E-state index contributed by atoms with van der Waals surface area (Å²) in [5.41, 5.74) is 3.30. The number of benzene rings is 2. The fourth-order valence-electron chi connectivity index (χ4n) is 2.89. The number of carbonyl (C=O) groups is 1. The van der Waals surface area contributed by atoms with Gasteiger partial charge in [0.15, 0.2) is 5.70 Å². The molecule has 28 heavy (non-hydrogen) atoms. The minimum Gasteiger partial charge on any atom is -0.402 e. The van der Waals surface area contributed by atoms with Crippen LogP contribution >= 0.6 is 0 Å². The molecular formula is C24H26FNO2. The Balaban J connectivity index is 2.08. The first kappa shape index (κ1) is 20.0. The van der Waals surface area contributed by atoms with E-state index in [1.165, 1.54) is 12.1 Å². The summed E-state index contributed by atoms with van der Waals surface area (Å²) in [7, 11) is 0. The molecule has 0 N–H and O–H groups in total. The number of rotatable bonds is 2. The highest BCUT2D eigenvalue weighted by atomic mass is 19.1. The first-order valence-electron chi connectivity index (χ1n) is 9.39. The predicted molar refractivity (Wildman–Crippen MR) is 111 cm³/mol. The lowest BCUT2D eigenvalue weighted by atomic mass is 9.79. The third-order valence-corrected chi connectivity index (χ3v) is 4.73. The van der Waals surface area contributed by atoms with Gasteiger partial charge >= 0.3 is 5.97 Å². The van der Waals surface area contributed by atoms with Crippen LogP contribution in [-0.4, -0.2) is 11.9 Å². The zero-order chi connectivity index (χ0) is 20.7. The van der Waals surface area contributed by atoms with E-state index in [1.54, 1.807) is 18.2 Å². The van der Waals surface area contributed by atoms with E-state index in [1.807, 2.05) is 12.1 Å². The summed E-state index contributed by atoms with van der Waals surface area (Å²) in [4.78, 5) is 16.7. The molecule has 0 aromatic heterocycles. The first-order chi connectivity index (χ1) is 12.9. The number of carbonyl (C=O) groups excluding carboxylic acids is 1. The van der Waals surface area contributed by atoms with Gasteiger partial charge in [-0.15, -0.1) is 0 Å². The molecule has 0 aliphatic carbocycles. The molecule has 4 heteroatoms. The molecular weight excluding hydrogens is 353 g/mol. The zero-order valence-corrected chi connectivity index (χ0v) is 17.3. The number of esters is 1. The van der Waals surface area contributed by atoms with Gasteiger partial charge in [0.05, 0.1) is 0 Å². The molecule has 2 aromatic rings. The molecule has 146 valence electrons. The summed E-state index contributed by atoms with van der Waals surface area (Å²) in [6.45, 7) is 12.9. The predicted octanol–water partition coefficient (Wildman–Crippen LogP) is 5.77. The second kappa shape index (κ2) is 7.01. The molecule has 0 saturated carbocycles. The first-order valence-corrected chi connectivity index (χ1v) is 9.39. The largest absolute Gasteiger partial charge is 0.402 e. The molecule has 1 heterocycles. The number of nitrogens with zero attached hydrogens (tertiary/aromatic N) is 1. The molecule has 1 aliphatic heterocycles. The van der Waals surface area contributed by atoms with Crippen molar-refractivity contribution < 1.29 is 13.9 Å². The third kappa shape index (κ3) is 4.22. The molecule has 0 fully saturated rings. The summed E-state index contributed by atoms with van der Waals surface area (Å²) < 4.78 is 19.3. The van der Waals surface area contributed by atoms with E-state index in [0.717, 1.165) is 16.7 Å². The van der Waals surface area contributed by atoms with Crippen molar-refractivity contribution in [1.29, 1.82) is 0 Å². The normalized spacial score (nSPS) is 16.3. The molecule has 1 aliphatic rings. The number of ether oxygens (including phenoxy) is 1. The minimum absolute atomic E-state index is 0.0645. The molecule has 0 unspecified atom stereocenters. The van der Waals surface area contributed by atoms with Crippen LogP contribution in [-0.2, 0) is 20.4 Å². The van der Waals surface area contributed by atoms with Crippen molar-refractivity contribution in [3.05, 3.63) is 76.2 Å². The number of hydrogen-bond donors (Lipinski definition) is 0. The lowest BCUT2D eigenvalue weighted by Crippen LogP contribution is -2.18. The van der Waals surface area contributed by atoms with Crippen LogP contribution in [0.1, 0.15) is 63.8 Å². The molecule has 0 bridgehead atoms. The molecule has 2 aromatic carbocycles. The van der Waals surface area contributed by atoms with Crippen LogP contribution in [0.15, 0.2) is 53.2 Å². The fraction of sp³-hybridized carbons (Fsp3) is 0.333. The second-order valence-corrected chi connectivity index (χ2v) is 9.16. The van der Waals surface area contributed by atoms with E-state index in [0.29, 0.717) is 5.56 Å². The number of halogens is 1. The molecule has 0 atom stereocenters. The minimum atomic E-state index is -0.572. The Morgan fingerprint density at radius 2 is 1.50 bits per heavy atom. The van der Waals surface area contributed by atoms with Crippen LogP contribution in [0.2, 0.25) is 0 Å². The van der Waals surface area contributed by atoms with E-state index in [-0.39, 0.29) is 22.4 Å². The van der Waals surface area contributed by atoms with Crippen molar-refractivity contribution in [2.75, 3.05) is 0 Å². The Morgan fingerprint density at radius 1 is 0.929 bits per heavy atom. The highest BCUT2D eigenvalue weighted by molar-refractivity contribution is 6.13. The second-order valence-electron chi connectivity index (χ2n) is 9.16. The SMILES string of the molecule is CC(C)(C)c1cc(C2=NC(=Cc3ccccc3F)C(=O)O2)cc(C(C)(C)C)c1. The maximum Gasteiger partial charge on any atom is 0.363 e. The van der Waals surface area contributed by atoms with Crippen LogP contribution in [0.3, 0.4) is 0 Å². The summed E-state index contributed by atoms with van der Waals surface area (Å²) in [5.74, 6) is -0.725. The Labute approximate surface area is 166 Å². The van der Waals surface area contributed by atoms with Crippen LogP contribution in [0.4, 0.5) is 4.39 Å². The van der Waals surface area contributed by atoms with Crippen LogP contribution < -0.4 is 0 Å². The van der Waals surface area contributed by atoms with Crippen LogP contribution in [0.25, 0.3) is 6.08 Å². The molecule has 0 saturated heterocycles. The highest BCUT2D eigenvalue weighted by Crippen LogP contribution is 2.31. The van der Waals surface area contributed by atoms with Crippen molar-refractivity contribution >= 4 is 17.9 Å². The quantitative estimate of drug-likeness (QED) is 0.491. The van der Waals surface area contributed by atoms with Gasteiger partial charge in [-0.2, -0.15) is 0 Å². The van der Waals surface area contributed by atoms with Crippen molar-refractivity contribution in [2.24, 2.45) is 4.99 Å². The van der Waals surface area contributed by atoms with Gasteiger partial charge < -0.3 is 4.74 Å². The van der Waals surface area contributed by atoms with Crippen molar-refractivity contribution in [3.8, 4) is 0 Å². The molecule has 0 amide bonds. The Hall–Kier alpha value is -2.75. The van der Waals surface area contributed by atoms with Gasteiger partial charge in [0.2, 0.25) is 5.90 Å². The lowest BCUT2D eigenvalue weighted by molar-refractivity contribution is -0.129. The molecule has 0 spiro atoms. The van der Waals surface area contributed by atoms with Gasteiger partial charge in [-0.25, -0.2) is 14.2 Å². The van der Waals surface area contributed by atoms with Crippen LogP contribution in [0, 0.1) is 5.82 Å².